The molecule has 2 unspecified atom stereocenters. The standard InChI is InChI=1S/C14H20F3NO4/c1-13(2,3)22-12(20)18-10-5-4-9(6-10)7-11(19)21-8-14(15,16)17/h4-5,9-10H,6-8H2,1-3H3,(H,18,20). The van der Waals surface area contributed by atoms with E-state index in [0.717, 1.165) is 0 Å². The van der Waals surface area contributed by atoms with Crippen LogP contribution in [-0.4, -0.2) is 36.5 Å². The molecule has 22 heavy (non-hydrogen) atoms. The number of rotatable bonds is 4. The van der Waals surface area contributed by atoms with Gasteiger partial charge in [-0.05, 0) is 33.1 Å². The second kappa shape index (κ2) is 7.02. The van der Waals surface area contributed by atoms with Crippen molar-refractivity contribution in [3.8, 4) is 0 Å². The van der Waals surface area contributed by atoms with E-state index in [9.17, 15) is 22.8 Å². The summed E-state index contributed by atoms with van der Waals surface area (Å²) in [6.07, 6.45) is -1.48. The zero-order valence-corrected chi connectivity index (χ0v) is 12.7. The van der Waals surface area contributed by atoms with Crippen LogP contribution in [0.2, 0.25) is 0 Å². The number of hydrogen-bond donors (Lipinski definition) is 1. The van der Waals surface area contributed by atoms with Crippen LogP contribution < -0.4 is 5.32 Å². The van der Waals surface area contributed by atoms with Crippen molar-refractivity contribution in [3.63, 3.8) is 0 Å². The van der Waals surface area contributed by atoms with Crippen LogP contribution in [0.15, 0.2) is 12.2 Å². The molecule has 5 nitrogen and oxygen atoms in total. The molecule has 0 bridgehead atoms. The Labute approximate surface area is 126 Å². The van der Waals surface area contributed by atoms with Gasteiger partial charge in [0.2, 0.25) is 0 Å². The molecular weight excluding hydrogens is 303 g/mol. The molecule has 1 rings (SSSR count). The van der Waals surface area contributed by atoms with Crippen molar-refractivity contribution < 1.29 is 32.2 Å². The molecule has 1 aliphatic carbocycles. The minimum Gasteiger partial charge on any atom is -0.456 e. The third-order valence-electron chi connectivity index (χ3n) is 2.70. The second-order valence-electron chi connectivity index (χ2n) is 6.11. The zero-order valence-electron chi connectivity index (χ0n) is 12.7. The maximum absolute atomic E-state index is 11.9. The summed E-state index contributed by atoms with van der Waals surface area (Å²) in [4.78, 5) is 22.9. The van der Waals surface area contributed by atoms with E-state index in [1.54, 1.807) is 32.9 Å². The summed E-state index contributed by atoms with van der Waals surface area (Å²) in [7, 11) is 0. The third kappa shape index (κ3) is 7.90. The molecule has 1 amide bonds. The number of alkyl carbamates (subject to hydrolysis) is 1. The highest BCUT2D eigenvalue weighted by molar-refractivity contribution is 5.70. The van der Waals surface area contributed by atoms with Crippen molar-refractivity contribution in [2.45, 2.75) is 51.4 Å². The molecule has 1 aliphatic rings. The Balaban J connectivity index is 2.30. The van der Waals surface area contributed by atoms with Gasteiger partial charge in [-0.15, -0.1) is 0 Å². The van der Waals surface area contributed by atoms with E-state index in [4.69, 9.17) is 4.74 Å². The first-order valence-corrected chi connectivity index (χ1v) is 6.85. The van der Waals surface area contributed by atoms with Crippen LogP contribution in [0.4, 0.5) is 18.0 Å². The van der Waals surface area contributed by atoms with Crippen molar-refractivity contribution in [3.05, 3.63) is 12.2 Å². The molecule has 0 aliphatic heterocycles. The first kappa shape index (κ1) is 18.3. The fourth-order valence-corrected chi connectivity index (χ4v) is 1.93. The molecular formula is C14H20F3NO4. The Hall–Kier alpha value is -1.73. The van der Waals surface area contributed by atoms with Gasteiger partial charge in [0.25, 0.3) is 0 Å². The van der Waals surface area contributed by atoms with Gasteiger partial charge in [-0.2, -0.15) is 13.2 Å². The van der Waals surface area contributed by atoms with Crippen molar-refractivity contribution >= 4 is 12.1 Å². The van der Waals surface area contributed by atoms with E-state index in [2.05, 4.69) is 10.1 Å². The SMILES string of the molecule is CC(C)(C)OC(=O)NC1C=CC(CC(=O)OCC(F)(F)F)C1. The fourth-order valence-electron chi connectivity index (χ4n) is 1.93. The molecule has 126 valence electrons. The van der Waals surface area contributed by atoms with Crippen LogP contribution in [-0.2, 0) is 14.3 Å². The summed E-state index contributed by atoms with van der Waals surface area (Å²) in [5.74, 6) is -1.18. The minimum absolute atomic E-state index is 0.154. The van der Waals surface area contributed by atoms with Crippen LogP contribution in [0, 0.1) is 5.92 Å². The number of alkyl halides is 3. The average molecular weight is 323 g/mol. The first-order chi connectivity index (χ1) is 9.94. The van der Waals surface area contributed by atoms with Crippen molar-refractivity contribution in [1.29, 1.82) is 0 Å². The lowest BCUT2D eigenvalue weighted by atomic mass is 10.0. The molecule has 8 heteroatoms. The van der Waals surface area contributed by atoms with Gasteiger partial charge in [-0.3, -0.25) is 4.79 Å². The fraction of sp³-hybridized carbons (Fsp3) is 0.714. The average Bonchev–Trinajstić information content (AvgIpc) is 2.70. The molecule has 1 N–H and O–H groups in total. The Bertz CT molecular complexity index is 440. The summed E-state index contributed by atoms with van der Waals surface area (Å²) < 4.78 is 45.0. The van der Waals surface area contributed by atoms with Gasteiger partial charge in [0, 0.05) is 0 Å². The highest BCUT2D eigenvalue weighted by Crippen LogP contribution is 2.23. The molecule has 0 aromatic heterocycles. The van der Waals surface area contributed by atoms with E-state index in [-0.39, 0.29) is 18.4 Å². The number of allylic oxidation sites excluding steroid dienone is 1. The molecule has 2 atom stereocenters. The van der Waals surface area contributed by atoms with Crippen molar-refractivity contribution in [2.24, 2.45) is 5.92 Å². The Morgan fingerprint density at radius 1 is 1.23 bits per heavy atom. The second-order valence-corrected chi connectivity index (χ2v) is 6.11. The van der Waals surface area contributed by atoms with Gasteiger partial charge < -0.3 is 14.8 Å². The Morgan fingerprint density at radius 3 is 2.41 bits per heavy atom. The van der Waals surface area contributed by atoms with Gasteiger partial charge in [0.1, 0.15) is 5.60 Å². The number of halogens is 3. The van der Waals surface area contributed by atoms with Crippen LogP contribution in [0.5, 0.6) is 0 Å². The normalized spacial score (nSPS) is 21.5. The molecule has 0 saturated heterocycles. The number of amides is 1. The first-order valence-electron chi connectivity index (χ1n) is 6.85. The van der Waals surface area contributed by atoms with Crippen LogP contribution in [0.25, 0.3) is 0 Å². The van der Waals surface area contributed by atoms with E-state index in [1.807, 2.05) is 0 Å². The maximum atomic E-state index is 11.9. The molecule has 0 saturated carbocycles. The Kier molecular flexibility index (Phi) is 5.85. The number of carbonyl (C=O) groups is 2. The maximum Gasteiger partial charge on any atom is 0.422 e. The van der Waals surface area contributed by atoms with E-state index in [0.29, 0.717) is 6.42 Å². The summed E-state index contributed by atoms with van der Waals surface area (Å²) in [6.45, 7) is 3.62. The zero-order chi connectivity index (χ0) is 17.0. The van der Waals surface area contributed by atoms with Gasteiger partial charge in [-0.1, -0.05) is 12.2 Å². The molecule has 0 aromatic carbocycles. The number of esters is 1. The summed E-state index contributed by atoms with van der Waals surface area (Å²) in [5.41, 5.74) is -0.618. The van der Waals surface area contributed by atoms with Crippen LogP contribution in [0.1, 0.15) is 33.6 Å². The lowest BCUT2D eigenvalue weighted by Crippen LogP contribution is -2.37. The monoisotopic (exact) mass is 323 g/mol. The van der Waals surface area contributed by atoms with Crippen LogP contribution in [0.3, 0.4) is 0 Å². The lowest BCUT2D eigenvalue weighted by molar-refractivity contribution is -0.186. The minimum atomic E-state index is -4.53. The summed E-state index contributed by atoms with van der Waals surface area (Å²) in [5, 5.41) is 2.61. The number of nitrogens with one attached hydrogen (secondary N) is 1. The van der Waals surface area contributed by atoms with Gasteiger partial charge in [0.15, 0.2) is 6.61 Å². The molecule has 0 aromatic rings. The molecule has 0 fully saturated rings. The van der Waals surface area contributed by atoms with E-state index in [1.165, 1.54) is 0 Å². The van der Waals surface area contributed by atoms with Gasteiger partial charge in [0.05, 0.1) is 12.5 Å². The topological polar surface area (TPSA) is 64.6 Å². The predicted octanol–water partition coefficient (Wildman–Crippen LogP) is 2.95. The molecule has 0 spiro atoms. The van der Waals surface area contributed by atoms with Gasteiger partial charge in [-0.25, -0.2) is 4.79 Å². The van der Waals surface area contributed by atoms with Crippen LogP contribution >= 0.6 is 0 Å². The number of ether oxygens (including phenoxy) is 2. The quantitative estimate of drug-likeness (QED) is 0.638. The Morgan fingerprint density at radius 2 is 1.86 bits per heavy atom. The van der Waals surface area contributed by atoms with E-state index >= 15 is 0 Å². The largest absolute Gasteiger partial charge is 0.456 e. The number of carbonyl (C=O) groups excluding carboxylic acids is 2. The highest BCUT2D eigenvalue weighted by Gasteiger charge is 2.31. The highest BCUT2D eigenvalue weighted by atomic mass is 19.4. The summed E-state index contributed by atoms with van der Waals surface area (Å²) in [6, 6.07) is -0.310. The lowest BCUT2D eigenvalue weighted by Gasteiger charge is -2.21. The van der Waals surface area contributed by atoms with Gasteiger partial charge >= 0.3 is 18.2 Å². The number of hydrogen-bond acceptors (Lipinski definition) is 4. The molecule has 0 heterocycles. The van der Waals surface area contributed by atoms with Crippen molar-refractivity contribution in [2.75, 3.05) is 6.61 Å². The van der Waals surface area contributed by atoms with Crippen molar-refractivity contribution in [1.82, 2.24) is 5.32 Å². The molecule has 0 radical (unpaired) electrons. The predicted molar refractivity (Wildman–Crippen MR) is 72.0 cm³/mol. The smallest absolute Gasteiger partial charge is 0.422 e. The third-order valence-corrected chi connectivity index (χ3v) is 2.70. The van der Waals surface area contributed by atoms with E-state index < -0.39 is 30.4 Å². The summed E-state index contributed by atoms with van der Waals surface area (Å²) >= 11 is 0.